The molecule has 2 amide bonds. The van der Waals surface area contributed by atoms with Gasteiger partial charge in [-0.05, 0) is 39.5 Å². The Morgan fingerprint density at radius 1 is 0.434 bits per heavy atom. The highest BCUT2D eigenvalue weighted by Gasteiger charge is 2.55. The number of aliphatic hydroxyl groups is 7. The predicted octanol–water partition coefficient (Wildman–Crippen LogP) is -2.69. The molecular weight excluding hydrogens is 1110 g/mol. The fourth-order valence-corrected chi connectivity index (χ4v) is 10.4. The van der Waals surface area contributed by atoms with Crippen LogP contribution in [-0.4, -0.2) is 250 Å². The number of ether oxygens (including phenoxy) is 13. The summed E-state index contributed by atoms with van der Waals surface area (Å²) in [7, 11) is 0. The Balaban J connectivity index is 0.000000430. The molecule has 0 aromatic rings. The molecule has 30 heteroatoms. The highest BCUT2D eigenvalue weighted by molar-refractivity contribution is 5.74. The molecule has 6 aliphatic rings. The third-order valence-corrected chi connectivity index (χ3v) is 14.3. The smallest absolute Gasteiger partial charge is 0.303 e. The molecule has 3 unspecified atom stereocenters. The number of carbonyl (C=O) groups is 6. The van der Waals surface area contributed by atoms with E-state index in [0.717, 1.165) is 0 Å². The number of esters is 4. The molecule has 6 rings (SSSR count). The van der Waals surface area contributed by atoms with E-state index in [4.69, 9.17) is 78.2 Å². The van der Waals surface area contributed by atoms with Crippen LogP contribution in [0.15, 0.2) is 0 Å². The lowest BCUT2D eigenvalue weighted by atomic mass is 9.94. The molecule has 0 aliphatic carbocycles. The summed E-state index contributed by atoms with van der Waals surface area (Å²) in [6.07, 6.45) is -19.6. The summed E-state index contributed by atoms with van der Waals surface area (Å²) in [5.41, 5.74) is 11.2. The second kappa shape index (κ2) is 34.4. The van der Waals surface area contributed by atoms with Gasteiger partial charge in [0.2, 0.25) is 11.8 Å². The zero-order valence-corrected chi connectivity index (χ0v) is 47.9. The van der Waals surface area contributed by atoms with E-state index >= 15 is 0 Å². The lowest BCUT2D eigenvalue weighted by molar-refractivity contribution is -0.290. The Morgan fingerprint density at radius 2 is 0.831 bits per heavy atom. The van der Waals surface area contributed by atoms with Gasteiger partial charge in [0.25, 0.3) is 0 Å². The van der Waals surface area contributed by atoms with Gasteiger partial charge in [0, 0.05) is 48.1 Å². The maximum absolute atomic E-state index is 12.0. The van der Waals surface area contributed by atoms with Gasteiger partial charge in [0.15, 0.2) is 49.6 Å². The molecule has 6 heterocycles. The van der Waals surface area contributed by atoms with Crippen molar-refractivity contribution in [3.63, 3.8) is 0 Å². The largest absolute Gasteiger partial charge is 0.457 e. The quantitative estimate of drug-likeness (QED) is 0.0492. The molecule has 30 nitrogen and oxygen atoms in total. The van der Waals surface area contributed by atoms with Gasteiger partial charge in [-0.15, -0.1) is 0 Å². The van der Waals surface area contributed by atoms with Crippen LogP contribution in [0.2, 0.25) is 0 Å². The summed E-state index contributed by atoms with van der Waals surface area (Å²) >= 11 is 0. The summed E-state index contributed by atoms with van der Waals surface area (Å²) in [6, 6.07) is -3.05. The first-order chi connectivity index (χ1) is 38.1. The van der Waals surface area contributed by atoms with Crippen LogP contribution in [0, 0.1) is 0 Å². The normalized spacial score (nSPS) is 41.0. The Kier molecular flexibility index (Phi) is 31.2. The van der Waals surface area contributed by atoms with Gasteiger partial charge in [-0.2, -0.15) is 0 Å². The van der Waals surface area contributed by atoms with E-state index < -0.39 is 202 Å². The summed E-state index contributed by atoms with van der Waals surface area (Å²) in [6.45, 7) is 18.0. The van der Waals surface area contributed by atoms with E-state index in [-0.39, 0.29) is 27.5 Å². The van der Waals surface area contributed by atoms with Gasteiger partial charge in [0.1, 0.15) is 85.3 Å². The van der Waals surface area contributed by atoms with Crippen molar-refractivity contribution in [3.8, 4) is 0 Å². The molecule has 13 N–H and O–H groups in total. The average molecular weight is 1210 g/mol. The molecule has 27 atom stereocenters. The highest BCUT2D eigenvalue weighted by atomic mass is 16.7. The molecule has 6 saturated heterocycles. The van der Waals surface area contributed by atoms with Crippen LogP contribution in [0.3, 0.4) is 0 Å². The van der Waals surface area contributed by atoms with Crippen LogP contribution in [0.4, 0.5) is 0 Å². The number of hydrogen-bond donors (Lipinski definition) is 11. The molecule has 484 valence electrons. The minimum Gasteiger partial charge on any atom is -0.457 e. The van der Waals surface area contributed by atoms with Crippen LogP contribution in [0.1, 0.15) is 124 Å². The number of nitrogens with two attached hydrogens (primary N) is 2. The monoisotopic (exact) mass is 1200 g/mol. The number of carbonyl (C=O) groups excluding carboxylic acids is 6. The van der Waals surface area contributed by atoms with Gasteiger partial charge in [-0.1, -0.05) is 42.5 Å². The topological polar surface area (TPSA) is 440 Å². The van der Waals surface area contributed by atoms with E-state index in [1.807, 2.05) is 27.7 Å². The van der Waals surface area contributed by atoms with Gasteiger partial charge in [-0.3, -0.25) is 28.8 Å². The molecule has 6 aliphatic heterocycles. The lowest BCUT2D eigenvalue weighted by Crippen LogP contribution is -2.66. The summed E-state index contributed by atoms with van der Waals surface area (Å²) in [4.78, 5) is 70.4. The maximum atomic E-state index is 12.0. The maximum Gasteiger partial charge on any atom is 0.303 e. The Labute approximate surface area is 484 Å². The number of rotatable bonds is 18. The molecule has 0 aromatic carbocycles. The second-order valence-electron chi connectivity index (χ2n) is 20.6. The first-order valence-corrected chi connectivity index (χ1v) is 27.3. The minimum absolute atomic E-state index is 0. The molecule has 6 fully saturated rings. The van der Waals surface area contributed by atoms with E-state index in [9.17, 15) is 59.4 Å². The van der Waals surface area contributed by atoms with Crippen LogP contribution in [0.5, 0.6) is 0 Å². The fourth-order valence-electron chi connectivity index (χ4n) is 10.4. The van der Waals surface area contributed by atoms with Crippen molar-refractivity contribution in [2.24, 2.45) is 11.5 Å². The van der Waals surface area contributed by atoms with Crippen molar-refractivity contribution in [2.45, 2.75) is 289 Å². The van der Waals surface area contributed by atoms with E-state index in [2.05, 4.69) is 10.6 Å². The number of amides is 2. The van der Waals surface area contributed by atoms with Gasteiger partial charge in [0.05, 0.1) is 37.1 Å². The van der Waals surface area contributed by atoms with Crippen molar-refractivity contribution >= 4 is 35.7 Å². The van der Waals surface area contributed by atoms with E-state index in [0.29, 0.717) is 25.7 Å². The molecular formula is C53H96N4O26. The van der Waals surface area contributed by atoms with E-state index in [1.165, 1.54) is 41.5 Å². The van der Waals surface area contributed by atoms with Crippen molar-refractivity contribution in [1.82, 2.24) is 10.6 Å². The van der Waals surface area contributed by atoms with Gasteiger partial charge >= 0.3 is 23.9 Å². The Morgan fingerprint density at radius 3 is 1.33 bits per heavy atom. The van der Waals surface area contributed by atoms with Crippen LogP contribution in [-0.2, 0) is 90.3 Å². The zero-order valence-electron chi connectivity index (χ0n) is 47.9. The number of hydrogen-bond acceptors (Lipinski definition) is 28. The third-order valence-electron chi connectivity index (χ3n) is 14.3. The predicted molar refractivity (Wildman–Crippen MR) is 286 cm³/mol. The summed E-state index contributed by atoms with van der Waals surface area (Å²) < 4.78 is 73.2. The number of aliphatic hydroxyl groups excluding tert-OH is 7. The van der Waals surface area contributed by atoms with Crippen LogP contribution >= 0.6 is 0 Å². The number of nitrogens with one attached hydrogen (secondary N) is 2. The van der Waals surface area contributed by atoms with Gasteiger partial charge in [-0.25, -0.2) is 0 Å². The summed E-state index contributed by atoms with van der Waals surface area (Å²) in [5, 5.41) is 74.4. The lowest BCUT2D eigenvalue weighted by Gasteiger charge is -2.46. The average Bonchev–Trinajstić information content (AvgIpc) is 4.20. The first kappa shape index (κ1) is 75.2. The highest BCUT2D eigenvalue weighted by Crippen LogP contribution is 2.36. The fraction of sp³-hybridized carbons (Fsp3) is 0.887. The molecule has 0 spiro atoms. The molecule has 83 heavy (non-hydrogen) atoms. The molecule has 0 radical (unpaired) electrons. The minimum atomic E-state index is -1.51. The molecule has 0 aromatic heterocycles. The molecule has 0 bridgehead atoms. The van der Waals surface area contributed by atoms with Crippen LogP contribution < -0.4 is 22.1 Å². The third kappa shape index (κ3) is 19.6. The molecule has 0 saturated carbocycles. The Bertz CT molecular complexity index is 2030. The van der Waals surface area contributed by atoms with Crippen molar-refractivity contribution in [2.75, 3.05) is 13.2 Å². The van der Waals surface area contributed by atoms with E-state index in [1.54, 1.807) is 13.8 Å². The standard InChI is InChI=1S/C22H35NO10.C18H31NO8.C11H22N2O8.2CH4/c1-8-15-19(18(10(3)28-15)29-12(5)25)33-22-17(23-11(4)24)21(31-14(7)27)20(30-13(6)26)16(9-2)32-22;1-6-11-16(14(22)8(3)24-11)27-18-13(19-9(4)20)15(23)17(25-10(5)21)12(7-2)26-18;12-1-3-6(15)7(16)5(13)11(20-3)21-9-4(2-14)19-10(18)8(9)17;;/h10,15-22H,8-9H2,1-7H3,(H,23,24);8,11-18,22-23H,6-7H2,1-5H3,(H,19,20);3-11,14-18H,1-2,12-13H2;2*1H4/t10?,15-,16+,17-,18+,19-,20-,21-,22-;8?,11-,12+,13-,14+,15-,16-,17-,18-;3-,4+,5+,6+,7+,8+,9+,10?,11+;;/m110../s1. The first-order valence-electron chi connectivity index (χ1n) is 27.3. The SMILES string of the molecule is C.C.CC[C@@H]1O[C@H](O[C@@H]2[C@@H](CC)OC(C)[C@@H]2O)[C@H](NC(C)=O)[C@@H](O)[C@@H]1OC(C)=O.CC[C@@H]1O[C@H](O[C@@H]2[C@@H](CC)OC(C)[C@@H]2OC(C)=O)[C@H](NC(C)=O)[C@@H](OC(C)=O)[C@@H]1OC(C)=O.NC[C@@H]1O[C@H](O[C@@H]2[C@@H](CO)OC(O)[C@@H]2O)[C@H](N)[C@@H](O)[C@@H]1O. The second-order valence-corrected chi connectivity index (χ2v) is 20.6. The van der Waals surface area contributed by atoms with Crippen molar-refractivity contribution in [1.29, 1.82) is 0 Å². The van der Waals surface area contributed by atoms with Crippen molar-refractivity contribution in [3.05, 3.63) is 0 Å². The summed E-state index contributed by atoms with van der Waals surface area (Å²) in [5.74, 6) is -3.06. The zero-order chi connectivity index (χ0) is 60.9. The van der Waals surface area contributed by atoms with Crippen molar-refractivity contribution < 1.29 is 126 Å². The van der Waals surface area contributed by atoms with Crippen LogP contribution in [0.25, 0.3) is 0 Å². The Hall–Kier alpha value is -3.90. The van der Waals surface area contributed by atoms with Gasteiger partial charge < -0.3 is 119 Å².